The van der Waals surface area contributed by atoms with E-state index in [4.69, 9.17) is 0 Å². The Bertz CT molecular complexity index is 523. The summed E-state index contributed by atoms with van der Waals surface area (Å²) in [7, 11) is 0. The van der Waals surface area contributed by atoms with Crippen molar-refractivity contribution >= 4 is 27.7 Å². The summed E-state index contributed by atoms with van der Waals surface area (Å²) in [5.41, 5.74) is 0.686. The first-order chi connectivity index (χ1) is 9.97. The van der Waals surface area contributed by atoms with E-state index in [1.807, 2.05) is 47.9 Å². The number of amides is 2. The first-order valence-corrected chi connectivity index (χ1v) is 8.09. The lowest BCUT2D eigenvalue weighted by Crippen LogP contribution is -2.50. The molecule has 2 amide bonds. The Morgan fingerprint density at radius 3 is 2.33 bits per heavy atom. The second-order valence-corrected chi connectivity index (χ2v) is 6.70. The van der Waals surface area contributed by atoms with Gasteiger partial charge >= 0.3 is 0 Å². The molecule has 0 saturated carbocycles. The van der Waals surface area contributed by atoms with Gasteiger partial charge in [0.25, 0.3) is 5.91 Å². The highest BCUT2D eigenvalue weighted by Crippen LogP contribution is 2.15. The van der Waals surface area contributed by atoms with Gasteiger partial charge in [0.2, 0.25) is 5.91 Å². The lowest BCUT2D eigenvalue weighted by Gasteiger charge is -2.35. The molecule has 1 saturated heterocycles. The van der Waals surface area contributed by atoms with Crippen molar-refractivity contribution in [2.24, 2.45) is 5.92 Å². The van der Waals surface area contributed by atoms with Gasteiger partial charge < -0.3 is 9.80 Å². The Kier molecular flexibility index (Phi) is 5.39. The van der Waals surface area contributed by atoms with Crippen molar-refractivity contribution < 1.29 is 9.59 Å². The minimum atomic E-state index is 0.0345. The van der Waals surface area contributed by atoms with E-state index in [9.17, 15) is 9.59 Å². The molecule has 1 aliphatic heterocycles. The van der Waals surface area contributed by atoms with Gasteiger partial charge in [-0.3, -0.25) is 9.59 Å². The molecule has 1 aromatic carbocycles. The van der Waals surface area contributed by atoms with Crippen LogP contribution in [0.5, 0.6) is 0 Å². The van der Waals surface area contributed by atoms with Crippen molar-refractivity contribution in [1.29, 1.82) is 0 Å². The van der Waals surface area contributed by atoms with Gasteiger partial charge in [-0.2, -0.15) is 0 Å². The van der Waals surface area contributed by atoms with Crippen LogP contribution < -0.4 is 0 Å². The maximum atomic E-state index is 12.4. The van der Waals surface area contributed by atoms with Crippen LogP contribution in [0.15, 0.2) is 28.7 Å². The van der Waals surface area contributed by atoms with Crippen LogP contribution in [0, 0.1) is 5.92 Å². The molecule has 0 aromatic heterocycles. The molecule has 114 valence electrons. The minimum absolute atomic E-state index is 0.0345. The van der Waals surface area contributed by atoms with Crippen LogP contribution in [0.4, 0.5) is 0 Å². The van der Waals surface area contributed by atoms with Crippen LogP contribution in [-0.2, 0) is 4.79 Å². The lowest BCUT2D eigenvalue weighted by molar-refractivity contribution is -0.133. The van der Waals surface area contributed by atoms with E-state index in [2.05, 4.69) is 15.9 Å². The molecular formula is C16H21BrN2O2. The van der Waals surface area contributed by atoms with Crippen molar-refractivity contribution in [3.63, 3.8) is 0 Å². The molecule has 0 radical (unpaired) electrons. The molecule has 1 fully saturated rings. The van der Waals surface area contributed by atoms with E-state index in [0.717, 1.165) is 4.47 Å². The van der Waals surface area contributed by atoms with Crippen LogP contribution in [0.1, 0.15) is 30.6 Å². The van der Waals surface area contributed by atoms with Gasteiger partial charge in [0.1, 0.15) is 0 Å². The summed E-state index contributed by atoms with van der Waals surface area (Å²) in [5, 5.41) is 0. The predicted molar refractivity (Wildman–Crippen MR) is 86.1 cm³/mol. The van der Waals surface area contributed by atoms with Crippen molar-refractivity contribution in [2.75, 3.05) is 26.2 Å². The van der Waals surface area contributed by atoms with Gasteiger partial charge in [0.05, 0.1) is 0 Å². The highest BCUT2D eigenvalue weighted by atomic mass is 79.9. The van der Waals surface area contributed by atoms with Gasteiger partial charge in [-0.15, -0.1) is 0 Å². The summed E-state index contributed by atoms with van der Waals surface area (Å²) in [6, 6.07) is 7.42. The highest BCUT2D eigenvalue weighted by Gasteiger charge is 2.25. The number of nitrogens with zero attached hydrogens (tertiary/aromatic N) is 2. The summed E-state index contributed by atoms with van der Waals surface area (Å²) in [4.78, 5) is 28.1. The Morgan fingerprint density at radius 1 is 1.14 bits per heavy atom. The van der Waals surface area contributed by atoms with Crippen LogP contribution >= 0.6 is 15.9 Å². The zero-order valence-corrected chi connectivity index (χ0v) is 14.1. The van der Waals surface area contributed by atoms with E-state index in [0.29, 0.717) is 44.1 Å². The Labute approximate surface area is 134 Å². The van der Waals surface area contributed by atoms with E-state index in [1.165, 1.54) is 0 Å². The second-order valence-electron chi connectivity index (χ2n) is 5.78. The minimum Gasteiger partial charge on any atom is -0.339 e. The number of rotatable bonds is 3. The van der Waals surface area contributed by atoms with E-state index < -0.39 is 0 Å². The van der Waals surface area contributed by atoms with E-state index >= 15 is 0 Å². The second kappa shape index (κ2) is 7.07. The van der Waals surface area contributed by atoms with Gasteiger partial charge in [0, 0.05) is 42.6 Å². The third-order valence-electron chi connectivity index (χ3n) is 3.57. The van der Waals surface area contributed by atoms with Gasteiger partial charge in [-0.25, -0.2) is 0 Å². The molecule has 1 aliphatic rings. The highest BCUT2D eigenvalue weighted by molar-refractivity contribution is 9.10. The summed E-state index contributed by atoms with van der Waals surface area (Å²) >= 11 is 3.38. The first-order valence-electron chi connectivity index (χ1n) is 7.30. The number of hydrogen-bond donors (Lipinski definition) is 0. The SMILES string of the molecule is CC(C)CC(=O)N1CCN(C(=O)c2cccc(Br)c2)CC1. The zero-order chi connectivity index (χ0) is 15.4. The third kappa shape index (κ3) is 4.30. The molecule has 21 heavy (non-hydrogen) atoms. The molecule has 0 N–H and O–H groups in total. The standard InChI is InChI=1S/C16H21BrN2O2/c1-12(2)10-15(20)18-6-8-19(9-7-18)16(21)13-4-3-5-14(17)11-13/h3-5,11-12H,6-10H2,1-2H3. The Morgan fingerprint density at radius 2 is 1.76 bits per heavy atom. The Hall–Kier alpha value is -1.36. The number of carbonyl (C=O) groups excluding carboxylic acids is 2. The molecule has 0 spiro atoms. The summed E-state index contributed by atoms with van der Waals surface area (Å²) < 4.78 is 0.902. The van der Waals surface area contributed by atoms with Gasteiger partial charge in [-0.1, -0.05) is 35.8 Å². The largest absolute Gasteiger partial charge is 0.339 e. The number of piperazine rings is 1. The fraction of sp³-hybridized carbons (Fsp3) is 0.500. The molecule has 0 aliphatic carbocycles. The molecule has 0 atom stereocenters. The molecule has 2 rings (SSSR count). The number of halogens is 1. The lowest BCUT2D eigenvalue weighted by atomic mass is 10.1. The van der Waals surface area contributed by atoms with Crippen molar-refractivity contribution in [3.8, 4) is 0 Å². The van der Waals surface area contributed by atoms with Crippen molar-refractivity contribution in [3.05, 3.63) is 34.3 Å². The average molecular weight is 353 g/mol. The molecule has 0 unspecified atom stereocenters. The summed E-state index contributed by atoms with van der Waals surface area (Å²) in [5.74, 6) is 0.602. The van der Waals surface area contributed by atoms with E-state index in [-0.39, 0.29) is 11.8 Å². The van der Waals surface area contributed by atoms with Crippen LogP contribution in [0.3, 0.4) is 0 Å². The van der Waals surface area contributed by atoms with Crippen LogP contribution in [0.2, 0.25) is 0 Å². The molecule has 5 heteroatoms. The fourth-order valence-electron chi connectivity index (χ4n) is 2.44. The summed E-state index contributed by atoms with van der Waals surface area (Å²) in [6.07, 6.45) is 0.583. The maximum Gasteiger partial charge on any atom is 0.254 e. The third-order valence-corrected chi connectivity index (χ3v) is 4.07. The maximum absolute atomic E-state index is 12.4. The molecular weight excluding hydrogens is 332 g/mol. The number of hydrogen-bond acceptors (Lipinski definition) is 2. The van der Waals surface area contributed by atoms with Crippen molar-refractivity contribution in [1.82, 2.24) is 9.80 Å². The van der Waals surface area contributed by atoms with E-state index in [1.54, 1.807) is 0 Å². The fourth-order valence-corrected chi connectivity index (χ4v) is 2.84. The topological polar surface area (TPSA) is 40.6 Å². The number of carbonyl (C=O) groups is 2. The number of benzene rings is 1. The van der Waals surface area contributed by atoms with Crippen LogP contribution in [0.25, 0.3) is 0 Å². The Balaban J connectivity index is 1.92. The smallest absolute Gasteiger partial charge is 0.254 e. The normalized spacial score (nSPS) is 15.4. The van der Waals surface area contributed by atoms with Gasteiger partial charge in [0.15, 0.2) is 0 Å². The first kappa shape index (κ1) is 16.0. The molecule has 1 aromatic rings. The van der Waals surface area contributed by atoms with Crippen LogP contribution in [-0.4, -0.2) is 47.8 Å². The monoisotopic (exact) mass is 352 g/mol. The predicted octanol–water partition coefficient (Wildman–Crippen LogP) is 2.78. The molecule has 4 nitrogen and oxygen atoms in total. The van der Waals surface area contributed by atoms with Gasteiger partial charge in [-0.05, 0) is 24.1 Å². The molecule has 1 heterocycles. The average Bonchev–Trinajstić information content (AvgIpc) is 2.46. The summed E-state index contributed by atoms with van der Waals surface area (Å²) in [6.45, 7) is 6.57. The quantitative estimate of drug-likeness (QED) is 0.839. The van der Waals surface area contributed by atoms with Crippen molar-refractivity contribution in [2.45, 2.75) is 20.3 Å². The molecule has 0 bridgehead atoms. The zero-order valence-electron chi connectivity index (χ0n) is 12.5.